The van der Waals surface area contributed by atoms with Crippen molar-refractivity contribution in [2.75, 3.05) is 6.54 Å². The third-order valence-corrected chi connectivity index (χ3v) is 3.12. The number of nitrogens with two attached hydrogens (primary N) is 3. The lowest BCUT2D eigenvalue weighted by atomic mass is 9.99. The van der Waals surface area contributed by atoms with Crippen LogP contribution in [0.3, 0.4) is 0 Å². The molecule has 0 aliphatic heterocycles. The number of nitrogens with zero attached hydrogens (tertiary/aromatic N) is 1. The Kier molecular flexibility index (Phi) is 13.1. The Morgan fingerprint density at radius 3 is 2.08 bits per heavy atom. The van der Waals surface area contributed by atoms with E-state index in [9.17, 15) is 9.59 Å². The summed E-state index contributed by atoms with van der Waals surface area (Å²) >= 11 is 0. The average Bonchev–Trinajstić information content (AvgIpc) is 2.47. The van der Waals surface area contributed by atoms with Crippen LogP contribution in [-0.4, -0.2) is 52.6 Å². The maximum atomic E-state index is 11.8. The standard InChI is InChI=1S/C12H25N5O3.C2H4O2/c1-3-7(2)9(13)10(18)17-8(11(19)20)5-4-6-16-12(14)15;1-2(3)4/h7-9H,3-6,13H2,1-2H3,(H,17,18)(H,19,20)(H4,14,15,16);1H3,(H,3,4)/t7-,8-,9-;/m0./s1. The second-order valence-electron chi connectivity index (χ2n) is 5.28. The lowest BCUT2D eigenvalue weighted by Crippen LogP contribution is -2.50. The molecule has 10 heteroatoms. The first-order valence-electron chi connectivity index (χ1n) is 7.56. The number of guanidine groups is 1. The predicted octanol–water partition coefficient (Wildman–Crippen LogP) is -0.926. The zero-order chi connectivity index (χ0) is 19.3. The largest absolute Gasteiger partial charge is 0.481 e. The first-order chi connectivity index (χ1) is 11.0. The van der Waals surface area contributed by atoms with Crippen molar-refractivity contribution < 1.29 is 24.6 Å². The molecular weight excluding hydrogens is 318 g/mol. The minimum atomic E-state index is -1.10. The fraction of sp³-hybridized carbons (Fsp3) is 0.714. The van der Waals surface area contributed by atoms with Crippen LogP contribution in [0.5, 0.6) is 0 Å². The fourth-order valence-corrected chi connectivity index (χ4v) is 1.54. The Morgan fingerprint density at radius 1 is 1.21 bits per heavy atom. The fourth-order valence-electron chi connectivity index (χ4n) is 1.54. The highest BCUT2D eigenvalue weighted by molar-refractivity contribution is 5.86. The van der Waals surface area contributed by atoms with E-state index in [1.54, 1.807) is 0 Å². The maximum Gasteiger partial charge on any atom is 0.326 e. The van der Waals surface area contributed by atoms with Crippen molar-refractivity contribution >= 4 is 23.8 Å². The number of carbonyl (C=O) groups is 3. The number of rotatable bonds is 9. The second kappa shape index (κ2) is 13.1. The summed E-state index contributed by atoms with van der Waals surface area (Å²) in [6, 6.07) is -1.69. The number of aliphatic carboxylic acids is 2. The average molecular weight is 347 g/mol. The van der Waals surface area contributed by atoms with Gasteiger partial charge in [-0.1, -0.05) is 20.3 Å². The summed E-state index contributed by atoms with van der Waals surface area (Å²) in [5.41, 5.74) is 16.1. The van der Waals surface area contributed by atoms with E-state index >= 15 is 0 Å². The zero-order valence-electron chi connectivity index (χ0n) is 14.4. The van der Waals surface area contributed by atoms with Crippen molar-refractivity contribution in [3.63, 3.8) is 0 Å². The van der Waals surface area contributed by atoms with Gasteiger partial charge < -0.3 is 32.7 Å². The topological polar surface area (TPSA) is 194 Å². The van der Waals surface area contributed by atoms with E-state index in [0.717, 1.165) is 13.3 Å². The van der Waals surface area contributed by atoms with Crippen LogP contribution < -0.4 is 22.5 Å². The van der Waals surface area contributed by atoms with Gasteiger partial charge in [0.15, 0.2) is 5.96 Å². The van der Waals surface area contributed by atoms with Gasteiger partial charge in [0, 0.05) is 13.5 Å². The third kappa shape index (κ3) is 13.3. The number of hydrogen-bond acceptors (Lipinski definition) is 5. The number of hydrogen-bond donors (Lipinski definition) is 6. The van der Waals surface area contributed by atoms with Crippen molar-refractivity contribution in [3.8, 4) is 0 Å². The summed E-state index contributed by atoms with van der Waals surface area (Å²) in [7, 11) is 0. The summed E-state index contributed by atoms with van der Waals surface area (Å²) in [6.07, 6.45) is 1.44. The molecule has 0 heterocycles. The number of amides is 1. The molecule has 10 nitrogen and oxygen atoms in total. The van der Waals surface area contributed by atoms with Crippen molar-refractivity contribution in [2.45, 2.75) is 52.1 Å². The molecule has 0 saturated heterocycles. The van der Waals surface area contributed by atoms with E-state index in [2.05, 4.69) is 10.3 Å². The van der Waals surface area contributed by atoms with Crippen LogP contribution in [0.25, 0.3) is 0 Å². The van der Waals surface area contributed by atoms with Gasteiger partial charge in [-0.15, -0.1) is 0 Å². The molecular formula is C14H29N5O5. The Morgan fingerprint density at radius 2 is 1.71 bits per heavy atom. The Labute approximate surface area is 141 Å². The van der Waals surface area contributed by atoms with Gasteiger partial charge >= 0.3 is 5.97 Å². The molecule has 140 valence electrons. The number of carboxylic acids is 2. The lowest BCUT2D eigenvalue weighted by molar-refractivity contribution is -0.142. The third-order valence-electron chi connectivity index (χ3n) is 3.12. The van der Waals surface area contributed by atoms with E-state index in [0.29, 0.717) is 13.0 Å². The monoisotopic (exact) mass is 347 g/mol. The molecule has 0 aliphatic rings. The Bertz CT molecular complexity index is 433. The minimum Gasteiger partial charge on any atom is -0.481 e. The zero-order valence-corrected chi connectivity index (χ0v) is 14.4. The SMILES string of the molecule is CC(=O)O.CC[C@H](C)[C@H](N)C(=O)N[C@@H](CCCN=C(N)N)C(=O)O. The molecule has 0 aromatic rings. The van der Waals surface area contributed by atoms with Crippen molar-refractivity contribution in [1.29, 1.82) is 0 Å². The van der Waals surface area contributed by atoms with E-state index < -0.39 is 29.9 Å². The van der Waals surface area contributed by atoms with Gasteiger partial charge in [0.05, 0.1) is 6.04 Å². The highest BCUT2D eigenvalue weighted by Gasteiger charge is 2.25. The minimum absolute atomic E-state index is 0.00826. The van der Waals surface area contributed by atoms with Crippen LogP contribution in [-0.2, 0) is 14.4 Å². The van der Waals surface area contributed by atoms with E-state index in [4.69, 9.17) is 32.2 Å². The molecule has 0 rings (SSSR count). The van der Waals surface area contributed by atoms with Gasteiger partial charge in [0.2, 0.25) is 5.91 Å². The van der Waals surface area contributed by atoms with Crippen molar-refractivity contribution in [2.24, 2.45) is 28.1 Å². The van der Waals surface area contributed by atoms with E-state index in [-0.39, 0.29) is 18.3 Å². The number of carbonyl (C=O) groups excluding carboxylic acids is 1. The first kappa shape index (κ1) is 23.9. The molecule has 1 amide bonds. The summed E-state index contributed by atoms with van der Waals surface area (Å²) < 4.78 is 0. The molecule has 0 saturated carbocycles. The molecule has 0 bridgehead atoms. The van der Waals surface area contributed by atoms with Gasteiger partial charge in [0.1, 0.15) is 6.04 Å². The molecule has 0 fully saturated rings. The summed E-state index contributed by atoms with van der Waals surface area (Å²) in [4.78, 5) is 35.7. The quantitative estimate of drug-likeness (QED) is 0.175. The molecule has 9 N–H and O–H groups in total. The van der Waals surface area contributed by atoms with E-state index in [1.807, 2.05) is 13.8 Å². The summed E-state index contributed by atoms with van der Waals surface area (Å²) in [5, 5.41) is 18.9. The Hall–Kier alpha value is -2.36. The second-order valence-corrected chi connectivity index (χ2v) is 5.28. The van der Waals surface area contributed by atoms with Gasteiger partial charge in [-0.05, 0) is 18.8 Å². The highest BCUT2D eigenvalue weighted by Crippen LogP contribution is 2.06. The molecule has 0 aromatic heterocycles. The van der Waals surface area contributed by atoms with Crippen LogP contribution in [0.4, 0.5) is 0 Å². The molecule has 0 radical (unpaired) electrons. The maximum absolute atomic E-state index is 11.8. The smallest absolute Gasteiger partial charge is 0.326 e. The molecule has 0 aliphatic carbocycles. The van der Waals surface area contributed by atoms with E-state index in [1.165, 1.54) is 0 Å². The highest BCUT2D eigenvalue weighted by atomic mass is 16.4. The number of aliphatic imine (C=N–C) groups is 1. The summed E-state index contributed by atoms with van der Waals surface area (Å²) in [6.45, 7) is 5.17. The molecule has 0 spiro atoms. The number of nitrogens with one attached hydrogen (secondary N) is 1. The van der Waals surface area contributed by atoms with Gasteiger partial charge in [-0.25, -0.2) is 4.79 Å². The van der Waals surface area contributed by atoms with Crippen LogP contribution in [0.1, 0.15) is 40.0 Å². The molecule has 0 aromatic carbocycles. The molecule has 0 unspecified atom stereocenters. The van der Waals surface area contributed by atoms with Crippen LogP contribution >= 0.6 is 0 Å². The van der Waals surface area contributed by atoms with Crippen LogP contribution in [0.15, 0.2) is 4.99 Å². The van der Waals surface area contributed by atoms with Crippen molar-refractivity contribution in [3.05, 3.63) is 0 Å². The van der Waals surface area contributed by atoms with Gasteiger partial charge in [-0.2, -0.15) is 0 Å². The van der Waals surface area contributed by atoms with Crippen LogP contribution in [0.2, 0.25) is 0 Å². The first-order valence-corrected chi connectivity index (χ1v) is 7.56. The molecule has 3 atom stereocenters. The Balaban J connectivity index is 0. The summed E-state index contributed by atoms with van der Waals surface area (Å²) in [5.74, 6) is -2.43. The predicted molar refractivity (Wildman–Crippen MR) is 90.2 cm³/mol. The van der Waals surface area contributed by atoms with Crippen LogP contribution in [0, 0.1) is 5.92 Å². The van der Waals surface area contributed by atoms with Gasteiger partial charge in [0.25, 0.3) is 5.97 Å². The number of carboxylic acid groups (broad SMARTS) is 2. The normalized spacial score (nSPS) is 13.5. The lowest BCUT2D eigenvalue weighted by Gasteiger charge is -2.21. The van der Waals surface area contributed by atoms with Crippen molar-refractivity contribution in [1.82, 2.24) is 5.32 Å². The molecule has 24 heavy (non-hydrogen) atoms. The van der Waals surface area contributed by atoms with Gasteiger partial charge in [-0.3, -0.25) is 14.6 Å².